The number of halogens is 2. The van der Waals surface area contributed by atoms with Crippen molar-refractivity contribution in [2.45, 2.75) is 33.2 Å². The number of nitrogens with two attached hydrogens (primary N) is 1. The van der Waals surface area contributed by atoms with Gasteiger partial charge in [-0.3, -0.25) is 19.7 Å². The average molecular weight is 412 g/mol. The topological polar surface area (TPSA) is 114 Å². The van der Waals surface area contributed by atoms with Crippen LogP contribution in [0.15, 0.2) is 18.2 Å². The molecule has 2 rings (SSSR count). The maximum atomic E-state index is 13.6. The van der Waals surface area contributed by atoms with Gasteiger partial charge >= 0.3 is 0 Å². The van der Waals surface area contributed by atoms with E-state index in [2.05, 4.69) is 10.6 Å². The lowest BCUT2D eigenvalue weighted by molar-refractivity contribution is -0.128. The lowest BCUT2D eigenvalue weighted by Gasteiger charge is -2.29. The highest BCUT2D eigenvalue weighted by atomic mass is 19.3. The van der Waals surface area contributed by atoms with Gasteiger partial charge in [-0.05, 0) is 23.6 Å². The van der Waals surface area contributed by atoms with Crippen molar-refractivity contribution in [3.8, 4) is 0 Å². The first-order valence-corrected chi connectivity index (χ1v) is 9.13. The van der Waals surface area contributed by atoms with E-state index in [0.29, 0.717) is 6.54 Å². The van der Waals surface area contributed by atoms with Gasteiger partial charge in [0, 0.05) is 24.3 Å². The third-order valence-corrected chi connectivity index (χ3v) is 4.19. The molecule has 8 nitrogen and oxygen atoms in total. The zero-order chi connectivity index (χ0) is 21.8. The number of primary amides is 1. The van der Waals surface area contributed by atoms with Gasteiger partial charge in [0.15, 0.2) is 6.04 Å². The molecule has 1 fully saturated rings. The molecule has 1 aromatic rings. The standard InChI is InChI=1S/C19H26F2N4O4/c1-19(2,3)10-23-15(17(22)27)18(28)24-11-4-5-13(12(8-11)16(20)21)25-6-7-29-9-14(25)26/h4-5,8,15-16,23H,6-7,9-10H2,1-3H3,(H2,22,27)(H,24,28)/t15-/m1/s1. The number of rotatable bonds is 7. The number of benzene rings is 1. The molecule has 0 saturated carbocycles. The van der Waals surface area contributed by atoms with E-state index in [9.17, 15) is 23.2 Å². The van der Waals surface area contributed by atoms with E-state index in [0.717, 1.165) is 6.07 Å². The maximum absolute atomic E-state index is 13.6. The van der Waals surface area contributed by atoms with E-state index in [4.69, 9.17) is 10.5 Å². The fourth-order valence-electron chi connectivity index (χ4n) is 2.77. The van der Waals surface area contributed by atoms with Gasteiger partial charge in [0.2, 0.25) is 5.91 Å². The summed E-state index contributed by atoms with van der Waals surface area (Å²) in [5.74, 6) is -2.05. The lowest BCUT2D eigenvalue weighted by Crippen LogP contribution is -2.51. The number of morpholine rings is 1. The molecule has 10 heteroatoms. The number of amides is 3. The minimum absolute atomic E-state index is 0.0589. The number of ether oxygens (including phenoxy) is 1. The fourth-order valence-corrected chi connectivity index (χ4v) is 2.77. The van der Waals surface area contributed by atoms with Crippen LogP contribution in [-0.2, 0) is 19.1 Å². The number of alkyl halides is 2. The van der Waals surface area contributed by atoms with Crippen molar-refractivity contribution in [1.29, 1.82) is 0 Å². The molecule has 1 atom stereocenters. The van der Waals surface area contributed by atoms with Crippen molar-refractivity contribution < 1.29 is 27.9 Å². The summed E-state index contributed by atoms with van der Waals surface area (Å²) in [4.78, 5) is 37.3. The summed E-state index contributed by atoms with van der Waals surface area (Å²) in [7, 11) is 0. The summed E-state index contributed by atoms with van der Waals surface area (Å²) >= 11 is 0. The van der Waals surface area contributed by atoms with Crippen LogP contribution in [0.1, 0.15) is 32.8 Å². The number of nitrogens with one attached hydrogen (secondary N) is 2. The Balaban J connectivity index is 2.21. The lowest BCUT2D eigenvalue weighted by atomic mass is 9.96. The monoisotopic (exact) mass is 412 g/mol. The van der Waals surface area contributed by atoms with Crippen LogP contribution < -0.4 is 21.3 Å². The van der Waals surface area contributed by atoms with Gasteiger partial charge in [-0.2, -0.15) is 0 Å². The van der Waals surface area contributed by atoms with Gasteiger partial charge in [-0.15, -0.1) is 0 Å². The smallest absolute Gasteiger partial charge is 0.265 e. The summed E-state index contributed by atoms with van der Waals surface area (Å²) in [6.07, 6.45) is -2.87. The van der Waals surface area contributed by atoms with Crippen LogP contribution in [0.5, 0.6) is 0 Å². The third kappa shape index (κ3) is 6.20. The predicted octanol–water partition coefficient (Wildman–Crippen LogP) is 1.42. The number of hydrogen-bond donors (Lipinski definition) is 3. The largest absolute Gasteiger partial charge is 0.370 e. The number of hydrogen-bond acceptors (Lipinski definition) is 5. The van der Waals surface area contributed by atoms with E-state index in [-0.39, 0.29) is 36.5 Å². The first-order chi connectivity index (χ1) is 13.5. The van der Waals surface area contributed by atoms with Crippen molar-refractivity contribution in [3.63, 3.8) is 0 Å². The zero-order valence-corrected chi connectivity index (χ0v) is 16.6. The first kappa shape index (κ1) is 22.7. The maximum Gasteiger partial charge on any atom is 0.265 e. The van der Waals surface area contributed by atoms with Crippen LogP contribution in [-0.4, -0.2) is 50.1 Å². The predicted molar refractivity (Wildman–Crippen MR) is 104 cm³/mol. The average Bonchev–Trinajstić information content (AvgIpc) is 2.61. The van der Waals surface area contributed by atoms with Crippen molar-refractivity contribution in [3.05, 3.63) is 23.8 Å². The number of carbonyl (C=O) groups is 3. The highest BCUT2D eigenvalue weighted by Crippen LogP contribution is 2.33. The van der Waals surface area contributed by atoms with Crippen LogP contribution in [0, 0.1) is 5.41 Å². The molecule has 0 unspecified atom stereocenters. The van der Waals surface area contributed by atoms with Crippen molar-refractivity contribution in [2.24, 2.45) is 11.1 Å². The van der Waals surface area contributed by atoms with Gasteiger partial charge < -0.3 is 20.7 Å². The summed E-state index contributed by atoms with van der Waals surface area (Å²) < 4.78 is 32.2. The molecular weight excluding hydrogens is 386 g/mol. The highest BCUT2D eigenvalue weighted by molar-refractivity contribution is 6.09. The van der Waals surface area contributed by atoms with E-state index in [1.165, 1.54) is 17.0 Å². The van der Waals surface area contributed by atoms with Gasteiger partial charge in [-0.25, -0.2) is 8.78 Å². The van der Waals surface area contributed by atoms with Gasteiger partial charge in [0.25, 0.3) is 18.2 Å². The minimum atomic E-state index is -2.87. The molecule has 0 radical (unpaired) electrons. The minimum Gasteiger partial charge on any atom is -0.370 e. The summed E-state index contributed by atoms with van der Waals surface area (Å²) in [6.45, 7) is 6.30. The van der Waals surface area contributed by atoms with Gasteiger partial charge in [0.1, 0.15) is 6.61 Å². The van der Waals surface area contributed by atoms with E-state index < -0.39 is 35.8 Å². The Labute approximate surface area is 167 Å². The molecule has 0 bridgehead atoms. The van der Waals surface area contributed by atoms with Crippen molar-refractivity contribution in [2.75, 3.05) is 36.5 Å². The zero-order valence-electron chi connectivity index (χ0n) is 16.6. The molecule has 29 heavy (non-hydrogen) atoms. The number of nitrogens with zero attached hydrogens (tertiary/aromatic N) is 1. The molecular formula is C19H26F2N4O4. The Bertz CT molecular complexity index is 780. The Morgan fingerprint density at radius 3 is 2.55 bits per heavy atom. The quantitative estimate of drug-likeness (QED) is 0.586. The highest BCUT2D eigenvalue weighted by Gasteiger charge is 2.28. The fraction of sp³-hybridized carbons (Fsp3) is 0.526. The number of carbonyl (C=O) groups excluding carboxylic acids is 3. The Hall–Kier alpha value is -2.59. The first-order valence-electron chi connectivity index (χ1n) is 9.13. The van der Waals surface area contributed by atoms with E-state index in [1.54, 1.807) is 0 Å². The Morgan fingerprint density at radius 1 is 1.31 bits per heavy atom. The second-order valence-electron chi connectivity index (χ2n) is 7.94. The molecule has 1 heterocycles. The molecule has 0 aliphatic carbocycles. The van der Waals surface area contributed by atoms with Crippen molar-refractivity contribution >= 4 is 29.1 Å². The van der Waals surface area contributed by atoms with Crippen LogP contribution in [0.25, 0.3) is 0 Å². The molecule has 4 N–H and O–H groups in total. The second-order valence-corrected chi connectivity index (χ2v) is 7.94. The Kier molecular flexibility index (Phi) is 7.26. The molecule has 1 aliphatic heterocycles. The molecule has 0 spiro atoms. The van der Waals surface area contributed by atoms with Crippen LogP contribution in [0.3, 0.4) is 0 Å². The molecule has 1 aromatic carbocycles. The normalized spacial score (nSPS) is 16.1. The summed E-state index contributed by atoms with van der Waals surface area (Å²) in [5.41, 5.74) is 4.81. The summed E-state index contributed by atoms with van der Waals surface area (Å²) in [5, 5.41) is 5.22. The molecule has 1 saturated heterocycles. The molecule has 160 valence electrons. The Morgan fingerprint density at radius 2 is 2.00 bits per heavy atom. The molecule has 3 amide bonds. The third-order valence-electron chi connectivity index (χ3n) is 4.19. The molecule has 1 aliphatic rings. The summed E-state index contributed by atoms with van der Waals surface area (Å²) in [6, 6.07) is 2.50. The van der Waals surface area contributed by atoms with Gasteiger partial charge in [-0.1, -0.05) is 20.8 Å². The number of anilines is 2. The van der Waals surface area contributed by atoms with Crippen LogP contribution in [0.2, 0.25) is 0 Å². The van der Waals surface area contributed by atoms with Crippen molar-refractivity contribution in [1.82, 2.24) is 5.32 Å². The second kappa shape index (κ2) is 9.27. The van der Waals surface area contributed by atoms with Gasteiger partial charge in [0.05, 0.1) is 12.3 Å². The SMILES string of the molecule is CC(C)(C)CN[C@H](C(N)=O)C(=O)Nc1ccc(N2CCOCC2=O)c(C(F)F)c1. The van der Waals surface area contributed by atoms with Crippen LogP contribution in [0.4, 0.5) is 20.2 Å². The van der Waals surface area contributed by atoms with Crippen LogP contribution >= 0.6 is 0 Å². The van der Waals surface area contributed by atoms with E-state index >= 15 is 0 Å². The van der Waals surface area contributed by atoms with E-state index in [1.807, 2.05) is 20.8 Å². The molecule has 0 aromatic heterocycles.